The Kier molecular flexibility index (Phi) is 6.47. The zero-order valence-electron chi connectivity index (χ0n) is 16.6. The maximum Gasteiger partial charge on any atom is 0.245 e. The summed E-state index contributed by atoms with van der Waals surface area (Å²) in [5, 5.41) is 25.1. The lowest BCUT2D eigenvalue weighted by Crippen LogP contribution is -2.22. The van der Waals surface area contributed by atoms with E-state index in [9.17, 15) is 24.1 Å². The molecular weight excluding hydrogens is 390 g/mol. The fourth-order valence-electron chi connectivity index (χ4n) is 3.50. The van der Waals surface area contributed by atoms with Crippen molar-refractivity contribution in [1.82, 2.24) is 5.16 Å². The van der Waals surface area contributed by atoms with Gasteiger partial charge in [-0.2, -0.15) is 10.5 Å². The lowest BCUT2D eigenvalue weighted by atomic mass is 9.83. The van der Waals surface area contributed by atoms with E-state index in [4.69, 9.17) is 4.52 Å². The largest absolute Gasteiger partial charge is 0.338 e. The molecule has 6 nitrogen and oxygen atoms in total. The second kappa shape index (κ2) is 9.04. The zero-order chi connectivity index (χ0) is 21.7. The number of amides is 1. The first kappa shape index (κ1) is 21.4. The average Bonchev–Trinajstić information content (AvgIpc) is 3.09. The Morgan fingerprint density at radius 3 is 2.47 bits per heavy atom. The molecule has 1 aliphatic rings. The number of nitrogens with zero attached hydrogens (tertiary/aromatic N) is 3. The minimum Gasteiger partial charge on any atom is -0.338 e. The highest BCUT2D eigenvalue weighted by atomic mass is 19.3. The van der Waals surface area contributed by atoms with Gasteiger partial charge < -0.3 is 4.52 Å². The topological polar surface area (TPSA) is 103 Å². The number of halogens is 2. The molecule has 2 aromatic rings. The maximum absolute atomic E-state index is 13.3. The summed E-state index contributed by atoms with van der Waals surface area (Å²) in [4.78, 5) is 13.0. The van der Waals surface area contributed by atoms with Crippen LogP contribution < -0.4 is 5.32 Å². The fourth-order valence-corrected chi connectivity index (χ4v) is 3.50. The number of benzene rings is 1. The van der Waals surface area contributed by atoms with Crippen molar-refractivity contribution in [2.24, 2.45) is 0 Å². The highest BCUT2D eigenvalue weighted by Crippen LogP contribution is 2.36. The molecule has 0 spiro atoms. The van der Waals surface area contributed by atoms with E-state index in [1.54, 1.807) is 6.07 Å². The molecule has 156 valence electrons. The molecule has 1 atom stereocenters. The van der Waals surface area contributed by atoms with Gasteiger partial charge in [0.25, 0.3) is 0 Å². The van der Waals surface area contributed by atoms with Gasteiger partial charge in [0, 0.05) is 18.4 Å². The third kappa shape index (κ3) is 5.42. The second-order valence-corrected chi connectivity index (χ2v) is 7.82. The highest BCUT2D eigenvalue weighted by Gasteiger charge is 2.27. The van der Waals surface area contributed by atoms with Crippen molar-refractivity contribution >= 4 is 11.8 Å². The van der Waals surface area contributed by atoms with Gasteiger partial charge in [0.15, 0.2) is 0 Å². The van der Waals surface area contributed by atoms with E-state index in [1.165, 1.54) is 18.2 Å². The van der Waals surface area contributed by atoms with Crippen LogP contribution in [-0.4, -0.2) is 17.0 Å². The van der Waals surface area contributed by atoms with Crippen LogP contribution >= 0.6 is 0 Å². The predicted octanol–water partition coefficient (Wildman–Crippen LogP) is 5.23. The van der Waals surface area contributed by atoms with E-state index in [-0.39, 0.29) is 36.3 Å². The van der Waals surface area contributed by atoms with Gasteiger partial charge in [0.1, 0.15) is 0 Å². The normalized spacial score (nSPS) is 15.0. The Labute approximate surface area is 173 Å². The molecule has 1 fully saturated rings. The Hall–Kier alpha value is -3.26. The summed E-state index contributed by atoms with van der Waals surface area (Å²) in [5.41, 5.74) is 1.68. The summed E-state index contributed by atoms with van der Waals surface area (Å²) >= 11 is 0. The Balaban J connectivity index is 1.81. The number of hydrogen-bond acceptors (Lipinski definition) is 5. The number of nitrogens with one attached hydrogen (secondary N) is 1. The molecule has 8 heteroatoms. The molecule has 0 unspecified atom stereocenters. The second-order valence-electron chi connectivity index (χ2n) is 7.82. The van der Waals surface area contributed by atoms with Gasteiger partial charge in [-0.25, -0.2) is 8.78 Å². The van der Waals surface area contributed by atoms with E-state index in [1.807, 2.05) is 12.1 Å². The summed E-state index contributed by atoms with van der Waals surface area (Å²) in [6, 6.07) is 10.0. The number of anilines is 1. The van der Waals surface area contributed by atoms with Gasteiger partial charge >= 0.3 is 0 Å². The summed E-state index contributed by atoms with van der Waals surface area (Å²) in [6.45, 7) is 0.836. The smallest absolute Gasteiger partial charge is 0.245 e. The van der Waals surface area contributed by atoms with Crippen molar-refractivity contribution in [1.29, 1.82) is 10.5 Å². The van der Waals surface area contributed by atoms with Crippen LogP contribution in [0.2, 0.25) is 0 Å². The predicted molar refractivity (Wildman–Crippen MR) is 105 cm³/mol. The van der Waals surface area contributed by atoms with E-state index >= 15 is 0 Å². The first-order valence-electron chi connectivity index (χ1n) is 9.89. The van der Waals surface area contributed by atoms with Crippen LogP contribution in [0.15, 0.2) is 28.8 Å². The minimum atomic E-state index is -2.84. The number of hydrogen-bond donors (Lipinski definition) is 1. The van der Waals surface area contributed by atoms with Crippen molar-refractivity contribution in [3.8, 4) is 12.1 Å². The molecule has 0 bridgehead atoms. The molecule has 1 aromatic heterocycles. The lowest BCUT2D eigenvalue weighted by molar-refractivity contribution is -0.118. The number of carbonyl (C=O) groups is 1. The van der Waals surface area contributed by atoms with Gasteiger partial charge in [0.05, 0.1) is 34.9 Å². The van der Waals surface area contributed by atoms with Crippen LogP contribution in [0.25, 0.3) is 0 Å². The molecule has 1 saturated carbocycles. The van der Waals surface area contributed by atoms with Crippen LogP contribution in [0.1, 0.15) is 79.7 Å². The third-order valence-corrected chi connectivity index (χ3v) is 5.34. The Morgan fingerprint density at radius 1 is 1.27 bits per heavy atom. The van der Waals surface area contributed by atoms with E-state index in [0.717, 1.165) is 31.9 Å². The van der Waals surface area contributed by atoms with Crippen LogP contribution in [-0.2, 0) is 4.79 Å². The summed E-state index contributed by atoms with van der Waals surface area (Å²) in [7, 11) is 0. The summed E-state index contributed by atoms with van der Waals surface area (Å²) < 4.78 is 31.8. The summed E-state index contributed by atoms with van der Waals surface area (Å²) in [6.07, 6.45) is 3.08. The number of aromatic nitrogens is 1. The molecule has 1 aliphatic carbocycles. The van der Waals surface area contributed by atoms with E-state index < -0.39 is 17.7 Å². The molecule has 0 saturated heterocycles. The van der Waals surface area contributed by atoms with Crippen molar-refractivity contribution < 1.29 is 18.1 Å². The molecule has 30 heavy (non-hydrogen) atoms. The minimum absolute atomic E-state index is 0.101. The average molecular weight is 412 g/mol. The quantitative estimate of drug-likeness (QED) is 0.639. The molecule has 0 aliphatic heterocycles. The standard InChI is InChI=1S/C22H22F2N4O2/c1-22(23,24)7-3-6-18(17-9-14(12-25)8-15(10-17)13-26)21(29)27-20-11-19(28-30-20)16-4-2-5-16/h8-11,16,18H,2-7H2,1H3,(H,27,29)/t18-/m0/s1. The zero-order valence-corrected chi connectivity index (χ0v) is 16.6. The number of rotatable bonds is 8. The van der Waals surface area contributed by atoms with Crippen molar-refractivity contribution in [3.63, 3.8) is 0 Å². The Bertz CT molecular complexity index is 962. The first-order chi connectivity index (χ1) is 14.3. The van der Waals surface area contributed by atoms with Gasteiger partial charge in [-0.05, 0) is 56.4 Å². The maximum atomic E-state index is 13.3. The van der Waals surface area contributed by atoms with Crippen LogP contribution in [0, 0.1) is 22.7 Å². The highest BCUT2D eigenvalue weighted by molar-refractivity contribution is 5.95. The SMILES string of the molecule is CC(F)(F)CCC[C@H](C(=O)Nc1cc(C2CCC2)no1)c1cc(C#N)cc(C#N)c1. The van der Waals surface area contributed by atoms with Crippen molar-refractivity contribution in [2.45, 2.75) is 63.2 Å². The van der Waals surface area contributed by atoms with E-state index in [0.29, 0.717) is 11.5 Å². The van der Waals surface area contributed by atoms with Gasteiger partial charge in [0.2, 0.25) is 17.7 Å². The number of nitriles is 2. The fraction of sp³-hybridized carbons (Fsp3) is 0.455. The molecule has 0 radical (unpaired) electrons. The van der Waals surface area contributed by atoms with Crippen LogP contribution in [0.3, 0.4) is 0 Å². The van der Waals surface area contributed by atoms with Crippen molar-refractivity contribution in [3.05, 3.63) is 46.6 Å². The molecule has 1 N–H and O–H groups in total. The van der Waals surface area contributed by atoms with Gasteiger partial charge in [-0.3, -0.25) is 10.1 Å². The van der Waals surface area contributed by atoms with Crippen molar-refractivity contribution in [2.75, 3.05) is 5.32 Å². The van der Waals surface area contributed by atoms with Gasteiger partial charge in [-0.15, -0.1) is 0 Å². The lowest BCUT2D eigenvalue weighted by Gasteiger charge is -2.22. The van der Waals surface area contributed by atoms with E-state index in [2.05, 4.69) is 10.5 Å². The first-order valence-corrected chi connectivity index (χ1v) is 9.89. The van der Waals surface area contributed by atoms with Gasteiger partial charge in [-0.1, -0.05) is 11.6 Å². The number of carbonyl (C=O) groups excluding carboxylic acids is 1. The Morgan fingerprint density at radius 2 is 1.93 bits per heavy atom. The monoisotopic (exact) mass is 412 g/mol. The molecular formula is C22H22F2N4O2. The molecule has 1 amide bonds. The third-order valence-electron chi connectivity index (χ3n) is 5.34. The summed E-state index contributed by atoms with van der Waals surface area (Å²) in [5.74, 6) is -3.57. The van der Waals surface area contributed by atoms with Crippen LogP contribution in [0.4, 0.5) is 14.7 Å². The molecule has 1 heterocycles. The molecule has 3 rings (SSSR count). The van der Waals surface area contributed by atoms with Crippen LogP contribution in [0.5, 0.6) is 0 Å². The number of alkyl halides is 2. The molecule has 1 aromatic carbocycles.